The van der Waals surface area contributed by atoms with E-state index < -0.39 is 11.6 Å². The van der Waals surface area contributed by atoms with Gasteiger partial charge in [0.25, 0.3) is 0 Å². The number of benzene rings is 2. The van der Waals surface area contributed by atoms with Crippen molar-refractivity contribution in [2.75, 3.05) is 13.2 Å². The van der Waals surface area contributed by atoms with Crippen LogP contribution in [0.1, 0.15) is 68.3 Å². The van der Waals surface area contributed by atoms with E-state index in [1.807, 2.05) is 18.2 Å². The van der Waals surface area contributed by atoms with Gasteiger partial charge in [-0.05, 0) is 43.9 Å². The van der Waals surface area contributed by atoms with E-state index >= 15 is 4.39 Å². The van der Waals surface area contributed by atoms with Crippen molar-refractivity contribution in [1.82, 2.24) is 15.2 Å². The average molecular weight is 478 g/mol. The Bertz CT molecular complexity index is 1230. The summed E-state index contributed by atoms with van der Waals surface area (Å²) in [6.45, 7) is 2.55. The summed E-state index contributed by atoms with van der Waals surface area (Å²) in [6, 6.07) is 13.8. The topological polar surface area (TPSA) is 74.4 Å². The number of hydrogen-bond donors (Lipinski definition) is 2. The van der Waals surface area contributed by atoms with Crippen LogP contribution in [0.3, 0.4) is 0 Å². The molecule has 5 rings (SSSR count). The minimum Gasteiger partial charge on any atom is -0.466 e. The van der Waals surface area contributed by atoms with Gasteiger partial charge in [-0.3, -0.25) is 4.79 Å². The molecule has 7 heteroatoms. The molecule has 1 aliphatic heterocycles. The second kappa shape index (κ2) is 9.72. The molecule has 3 aromatic rings. The minimum absolute atomic E-state index is 0.155. The Hall–Kier alpha value is -3.35. The van der Waals surface area contributed by atoms with Gasteiger partial charge in [-0.15, -0.1) is 0 Å². The number of hydrogen-bond acceptors (Lipinski definition) is 3. The summed E-state index contributed by atoms with van der Waals surface area (Å²) < 4.78 is 20.3. The Morgan fingerprint density at radius 1 is 1.11 bits per heavy atom. The van der Waals surface area contributed by atoms with E-state index in [0.29, 0.717) is 25.1 Å². The van der Waals surface area contributed by atoms with Gasteiger partial charge in [0.2, 0.25) is 0 Å². The number of aromatic amines is 1. The summed E-state index contributed by atoms with van der Waals surface area (Å²) >= 11 is 0. The van der Waals surface area contributed by atoms with Crippen molar-refractivity contribution >= 4 is 22.9 Å². The van der Waals surface area contributed by atoms with Crippen LogP contribution in [0.15, 0.2) is 48.5 Å². The number of ether oxygens (including phenoxy) is 1. The smallest absolute Gasteiger partial charge is 0.318 e. The number of carbonyl (C=O) groups excluding carboxylic acids is 2. The van der Waals surface area contributed by atoms with Gasteiger partial charge in [-0.25, -0.2) is 9.18 Å². The molecule has 184 valence electrons. The Morgan fingerprint density at radius 3 is 2.63 bits per heavy atom. The number of nitrogens with zero attached hydrogens (tertiary/aromatic N) is 1. The molecule has 1 fully saturated rings. The quantitative estimate of drug-likeness (QED) is 0.469. The number of halogens is 1. The predicted octanol–water partition coefficient (Wildman–Crippen LogP) is 5.62. The van der Waals surface area contributed by atoms with E-state index in [2.05, 4.69) is 16.4 Å². The van der Waals surface area contributed by atoms with Crippen molar-refractivity contribution in [3.63, 3.8) is 0 Å². The fraction of sp³-hybridized carbons (Fsp3) is 0.429. The van der Waals surface area contributed by atoms with E-state index in [1.54, 1.807) is 30.0 Å². The third kappa shape index (κ3) is 4.51. The molecule has 0 unspecified atom stereocenters. The molecule has 0 spiro atoms. The van der Waals surface area contributed by atoms with E-state index in [4.69, 9.17) is 4.74 Å². The normalized spacial score (nSPS) is 19.3. The number of nitrogens with one attached hydrogen (secondary N) is 2. The summed E-state index contributed by atoms with van der Waals surface area (Å²) in [5, 5.41) is 4.33. The van der Waals surface area contributed by atoms with Gasteiger partial charge in [-0.2, -0.15) is 0 Å². The largest absolute Gasteiger partial charge is 0.466 e. The second-order valence-corrected chi connectivity index (χ2v) is 9.68. The molecular weight excluding hydrogens is 445 g/mol. The number of amides is 2. The highest BCUT2D eigenvalue weighted by molar-refractivity contribution is 5.86. The molecule has 1 aromatic heterocycles. The molecule has 2 aliphatic rings. The monoisotopic (exact) mass is 477 g/mol. The molecule has 2 aromatic carbocycles. The summed E-state index contributed by atoms with van der Waals surface area (Å²) in [4.78, 5) is 31.5. The Balaban J connectivity index is 1.51. The third-order valence-corrected chi connectivity index (χ3v) is 7.47. The Labute approximate surface area is 204 Å². The first-order valence-electron chi connectivity index (χ1n) is 12.6. The van der Waals surface area contributed by atoms with Crippen LogP contribution in [-0.2, 0) is 16.0 Å². The average Bonchev–Trinajstić information content (AvgIpc) is 3.23. The summed E-state index contributed by atoms with van der Waals surface area (Å²) in [5.74, 6) is -0.641. The lowest BCUT2D eigenvalue weighted by Crippen LogP contribution is -2.57. The molecule has 1 atom stereocenters. The lowest BCUT2D eigenvalue weighted by molar-refractivity contribution is -0.145. The lowest BCUT2D eigenvalue weighted by Gasteiger charge is -2.42. The zero-order valence-electron chi connectivity index (χ0n) is 20.1. The highest BCUT2D eigenvalue weighted by atomic mass is 19.1. The maximum atomic E-state index is 15.1. The first-order valence-corrected chi connectivity index (χ1v) is 12.6. The molecule has 1 saturated carbocycles. The molecule has 35 heavy (non-hydrogen) atoms. The van der Waals surface area contributed by atoms with E-state index in [0.717, 1.165) is 54.3 Å². The van der Waals surface area contributed by atoms with Crippen LogP contribution < -0.4 is 5.32 Å². The number of aromatic nitrogens is 1. The molecule has 0 bridgehead atoms. The van der Waals surface area contributed by atoms with Crippen molar-refractivity contribution in [3.05, 3.63) is 71.2 Å². The number of urea groups is 1. The van der Waals surface area contributed by atoms with E-state index in [-0.39, 0.29) is 24.2 Å². The van der Waals surface area contributed by atoms with Crippen LogP contribution in [-0.4, -0.2) is 40.6 Å². The molecule has 2 heterocycles. The van der Waals surface area contributed by atoms with Gasteiger partial charge < -0.3 is 19.9 Å². The maximum Gasteiger partial charge on any atom is 0.318 e. The SMILES string of the molecule is CCOC(=O)CC1(NC(=O)N2CCc3c([nH]c4ccccc34)[C@@H]2c2ccccc2F)CCCCC1. The summed E-state index contributed by atoms with van der Waals surface area (Å²) in [6.07, 6.45) is 5.26. The fourth-order valence-corrected chi connectivity index (χ4v) is 5.84. The number of fused-ring (bicyclic) bond motifs is 3. The Kier molecular flexibility index (Phi) is 6.50. The zero-order valence-corrected chi connectivity index (χ0v) is 20.1. The predicted molar refractivity (Wildman–Crippen MR) is 133 cm³/mol. The van der Waals surface area contributed by atoms with Crippen LogP contribution in [0.2, 0.25) is 0 Å². The van der Waals surface area contributed by atoms with Crippen molar-refractivity contribution in [3.8, 4) is 0 Å². The lowest BCUT2D eigenvalue weighted by atomic mass is 9.79. The van der Waals surface area contributed by atoms with E-state index in [9.17, 15) is 9.59 Å². The van der Waals surface area contributed by atoms with Crippen LogP contribution in [0.25, 0.3) is 10.9 Å². The molecule has 2 amide bonds. The van der Waals surface area contributed by atoms with Gasteiger partial charge in [0.15, 0.2) is 0 Å². The van der Waals surface area contributed by atoms with Gasteiger partial charge in [0.1, 0.15) is 11.9 Å². The molecule has 6 nitrogen and oxygen atoms in total. The van der Waals surface area contributed by atoms with Crippen LogP contribution in [0.5, 0.6) is 0 Å². The van der Waals surface area contributed by atoms with Crippen LogP contribution in [0.4, 0.5) is 9.18 Å². The van der Waals surface area contributed by atoms with Crippen molar-refractivity contribution in [1.29, 1.82) is 0 Å². The van der Waals surface area contributed by atoms with Crippen molar-refractivity contribution in [2.24, 2.45) is 0 Å². The first-order chi connectivity index (χ1) is 17.0. The number of rotatable bonds is 5. The zero-order chi connectivity index (χ0) is 24.4. The Morgan fingerprint density at radius 2 is 1.86 bits per heavy atom. The molecule has 1 aliphatic carbocycles. The number of carbonyl (C=O) groups is 2. The maximum absolute atomic E-state index is 15.1. The number of para-hydroxylation sites is 1. The second-order valence-electron chi connectivity index (χ2n) is 9.68. The highest BCUT2D eigenvalue weighted by Gasteiger charge is 2.41. The summed E-state index contributed by atoms with van der Waals surface area (Å²) in [5.41, 5.74) is 2.77. The first kappa shape index (κ1) is 23.4. The van der Waals surface area contributed by atoms with E-state index in [1.165, 1.54) is 6.07 Å². The van der Waals surface area contributed by atoms with Crippen LogP contribution in [0, 0.1) is 5.82 Å². The van der Waals surface area contributed by atoms with Crippen molar-refractivity contribution in [2.45, 2.75) is 63.5 Å². The molecule has 0 radical (unpaired) electrons. The molecule has 2 N–H and O–H groups in total. The summed E-state index contributed by atoms with van der Waals surface area (Å²) in [7, 11) is 0. The highest BCUT2D eigenvalue weighted by Crippen LogP contribution is 2.40. The molecule has 0 saturated heterocycles. The molecular formula is C28H32FN3O3. The van der Waals surface area contributed by atoms with Gasteiger partial charge in [0.05, 0.1) is 18.6 Å². The fourth-order valence-electron chi connectivity index (χ4n) is 5.84. The number of H-pyrrole nitrogens is 1. The van der Waals surface area contributed by atoms with Gasteiger partial charge in [-0.1, -0.05) is 55.7 Å². The van der Waals surface area contributed by atoms with Gasteiger partial charge >= 0.3 is 12.0 Å². The van der Waals surface area contributed by atoms with Crippen molar-refractivity contribution < 1.29 is 18.7 Å². The van der Waals surface area contributed by atoms with Gasteiger partial charge in [0, 0.05) is 28.7 Å². The standard InChI is InChI=1S/C28H32FN3O3/c1-2-35-24(33)18-28(15-8-3-9-16-28)31-27(34)32-17-14-20-19-10-5-7-13-23(19)30-25(20)26(32)21-11-4-6-12-22(21)29/h4-7,10-13,26,30H,2-3,8-9,14-18H2,1H3,(H,31,34)/t26-/m0/s1. The third-order valence-electron chi connectivity index (χ3n) is 7.47. The number of esters is 1. The van der Waals surface area contributed by atoms with Crippen LogP contribution >= 0.6 is 0 Å². The minimum atomic E-state index is -0.637.